The summed E-state index contributed by atoms with van der Waals surface area (Å²) in [5, 5.41) is 8.72. The molecule has 0 radical (unpaired) electrons. The van der Waals surface area contributed by atoms with Gasteiger partial charge < -0.3 is 20.7 Å². The standard InChI is InChI=1S/C26H34F2N4O4S/c1-6-26(4,5)22(33)19(12-18-10-8-7-9-11-18)31-16(2)13-30-23(34)20(15-36-25(27)28)32-24(35)21-14-29-17(3)37-21/h7-11,14,19-20,25,31H,2,6,12-13,15H2,1,3-5H3,(H,30,34)(H,32,35). The Balaban J connectivity index is 2.05. The molecule has 2 aromatic rings. The van der Waals surface area contributed by atoms with E-state index in [0.717, 1.165) is 16.9 Å². The van der Waals surface area contributed by atoms with E-state index in [1.807, 2.05) is 51.1 Å². The molecule has 0 aliphatic carbocycles. The second-order valence-electron chi connectivity index (χ2n) is 9.17. The molecule has 2 rings (SSSR count). The number of halogens is 2. The number of benzene rings is 1. The van der Waals surface area contributed by atoms with Gasteiger partial charge in [-0.15, -0.1) is 11.3 Å². The molecule has 202 valence electrons. The van der Waals surface area contributed by atoms with Crippen LogP contribution in [0, 0.1) is 12.3 Å². The van der Waals surface area contributed by atoms with Crippen molar-refractivity contribution in [2.75, 3.05) is 13.2 Å². The predicted octanol–water partition coefficient (Wildman–Crippen LogP) is 3.63. The van der Waals surface area contributed by atoms with Crippen molar-refractivity contribution in [2.24, 2.45) is 5.41 Å². The van der Waals surface area contributed by atoms with Crippen LogP contribution in [-0.4, -0.2) is 54.4 Å². The highest BCUT2D eigenvalue weighted by Gasteiger charge is 2.32. The van der Waals surface area contributed by atoms with Crippen LogP contribution in [0.4, 0.5) is 8.78 Å². The van der Waals surface area contributed by atoms with Gasteiger partial charge in [-0.3, -0.25) is 14.4 Å². The number of ether oxygens (including phenoxy) is 1. The number of hydrogen-bond donors (Lipinski definition) is 3. The Hall–Kier alpha value is -3.18. The summed E-state index contributed by atoms with van der Waals surface area (Å²) in [7, 11) is 0. The molecule has 11 heteroatoms. The van der Waals surface area contributed by atoms with Crippen LogP contribution < -0.4 is 16.0 Å². The zero-order valence-corrected chi connectivity index (χ0v) is 22.3. The number of alkyl halides is 2. The minimum Gasteiger partial charge on any atom is -0.377 e. The van der Waals surface area contributed by atoms with Crippen LogP contribution in [-0.2, 0) is 20.7 Å². The first-order valence-corrected chi connectivity index (χ1v) is 12.7. The number of nitrogens with zero attached hydrogens (tertiary/aromatic N) is 1. The molecule has 2 amide bonds. The van der Waals surface area contributed by atoms with E-state index in [1.165, 1.54) is 6.20 Å². The van der Waals surface area contributed by atoms with Crippen LogP contribution in [0.1, 0.15) is 47.4 Å². The van der Waals surface area contributed by atoms with Crippen LogP contribution >= 0.6 is 11.3 Å². The number of aromatic nitrogens is 1. The molecule has 1 aromatic carbocycles. The Morgan fingerprint density at radius 3 is 2.38 bits per heavy atom. The first-order chi connectivity index (χ1) is 17.4. The Bertz CT molecular complexity index is 1080. The lowest BCUT2D eigenvalue weighted by molar-refractivity contribution is -0.143. The molecule has 3 N–H and O–H groups in total. The van der Waals surface area contributed by atoms with Gasteiger partial charge >= 0.3 is 6.61 Å². The zero-order chi connectivity index (χ0) is 27.6. The smallest absolute Gasteiger partial charge is 0.345 e. The van der Waals surface area contributed by atoms with E-state index in [0.29, 0.717) is 23.5 Å². The van der Waals surface area contributed by atoms with E-state index in [1.54, 1.807) is 6.92 Å². The van der Waals surface area contributed by atoms with Crippen molar-refractivity contribution >= 4 is 28.9 Å². The van der Waals surface area contributed by atoms with E-state index >= 15 is 0 Å². The van der Waals surface area contributed by atoms with Crippen LogP contribution in [0.25, 0.3) is 0 Å². The number of carbonyl (C=O) groups is 3. The number of aryl methyl sites for hydroxylation is 1. The lowest BCUT2D eigenvalue weighted by atomic mass is 9.80. The molecule has 0 saturated heterocycles. The average molecular weight is 537 g/mol. The summed E-state index contributed by atoms with van der Waals surface area (Å²) < 4.78 is 29.5. The maximum atomic E-state index is 13.3. The van der Waals surface area contributed by atoms with E-state index in [2.05, 4.69) is 32.3 Å². The molecular formula is C26H34F2N4O4S. The van der Waals surface area contributed by atoms with Gasteiger partial charge in [0.1, 0.15) is 10.9 Å². The largest absolute Gasteiger partial charge is 0.377 e. The van der Waals surface area contributed by atoms with Crippen LogP contribution in [0.3, 0.4) is 0 Å². The van der Waals surface area contributed by atoms with Gasteiger partial charge in [0.15, 0.2) is 5.78 Å². The van der Waals surface area contributed by atoms with E-state index in [9.17, 15) is 23.2 Å². The van der Waals surface area contributed by atoms with Gasteiger partial charge in [0, 0.05) is 11.1 Å². The van der Waals surface area contributed by atoms with Gasteiger partial charge in [0.25, 0.3) is 5.91 Å². The number of Topliss-reactive ketones (excluding diaryl/α,β-unsaturated/α-hetero) is 1. The third-order valence-electron chi connectivity index (χ3n) is 5.86. The Labute approximate surface area is 219 Å². The van der Waals surface area contributed by atoms with E-state index in [4.69, 9.17) is 0 Å². The summed E-state index contributed by atoms with van der Waals surface area (Å²) in [6.45, 7) is 7.39. The molecule has 1 heterocycles. The van der Waals surface area contributed by atoms with Crippen LogP contribution in [0.5, 0.6) is 0 Å². The van der Waals surface area contributed by atoms with Crippen molar-refractivity contribution in [3.63, 3.8) is 0 Å². The fourth-order valence-electron chi connectivity index (χ4n) is 3.37. The third kappa shape index (κ3) is 9.66. The molecule has 0 fully saturated rings. The fraction of sp³-hybridized carbons (Fsp3) is 0.462. The predicted molar refractivity (Wildman–Crippen MR) is 138 cm³/mol. The summed E-state index contributed by atoms with van der Waals surface area (Å²) in [5.74, 6) is -1.37. The van der Waals surface area contributed by atoms with Crippen LogP contribution in [0.15, 0.2) is 48.8 Å². The highest BCUT2D eigenvalue weighted by Crippen LogP contribution is 2.24. The number of ketones is 1. The number of amides is 2. The van der Waals surface area contributed by atoms with Crippen LogP contribution in [0.2, 0.25) is 0 Å². The summed E-state index contributed by atoms with van der Waals surface area (Å²) in [6.07, 6.45) is 2.41. The first kappa shape index (κ1) is 30.0. The molecule has 0 spiro atoms. The summed E-state index contributed by atoms with van der Waals surface area (Å²) in [6, 6.07) is 7.55. The van der Waals surface area contributed by atoms with Crippen molar-refractivity contribution in [3.05, 3.63) is 64.3 Å². The normalized spacial score (nSPS) is 13.1. The number of hydrogen-bond acceptors (Lipinski definition) is 7. The van der Waals surface area contributed by atoms with Crippen molar-refractivity contribution in [1.82, 2.24) is 20.9 Å². The lowest BCUT2D eigenvalue weighted by Crippen LogP contribution is -2.51. The molecule has 2 unspecified atom stereocenters. The molecule has 8 nitrogen and oxygen atoms in total. The first-order valence-electron chi connectivity index (χ1n) is 11.9. The quantitative estimate of drug-likeness (QED) is 0.321. The molecular weight excluding hydrogens is 502 g/mol. The average Bonchev–Trinajstić information content (AvgIpc) is 3.31. The lowest BCUT2D eigenvalue weighted by Gasteiger charge is -2.29. The molecule has 0 aliphatic heterocycles. The Morgan fingerprint density at radius 2 is 1.81 bits per heavy atom. The second kappa shape index (κ2) is 13.9. The number of carbonyl (C=O) groups excluding carboxylic acids is 3. The molecule has 0 saturated carbocycles. The summed E-state index contributed by atoms with van der Waals surface area (Å²) in [5.41, 5.74) is 0.738. The van der Waals surface area contributed by atoms with Gasteiger partial charge in [-0.1, -0.05) is 57.7 Å². The maximum absolute atomic E-state index is 13.3. The monoisotopic (exact) mass is 536 g/mol. The highest BCUT2D eigenvalue weighted by molar-refractivity contribution is 7.13. The number of nitrogens with one attached hydrogen (secondary N) is 3. The SMILES string of the molecule is C=C(CNC(=O)C(COC(F)F)NC(=O)c1cnc(C)s1)NC(Cc1ccccc1)C(=O)C(C)(C)CC. The zero-order valence-electron chi connectivity index (χ0n) is 21.5. The fourth-order valence-corrected chi connectivity index (χ4v) is 4.05. The van der Waals surface area contributed by atoms with E-state index < -0.39 is 42.5 Å². The van der Waals surface area contributed by atoms with Gasteiger partial charge in [-0.25, -0.2) is 4.98 Å². The Kier molecular flexibility index (Phi) is 11.3. The second-order valence-corrected chi connectivity index (χ2v) is 10.4. The third-order valence-corrected chi connectivity index (χ3v) is 6.77. The molecule has 0 aliphatic rings. The highest BCUT2D eigenvalue weighted by atomic mass is 32.1. The molecule has 1 aromatic heterocycles. The molecule has 37 heavy (non-hydrogen) atoms. The number of thiazole rings is 1. The number of rotatable bonds is 15. The van der Waals surface area contributed by atoms with Gasteiger partial charge in [0.2, 0.25) is 5.91 Å². The van der Waals surface area contributed by atoms with Gasteiger partial charge in [0.05, 0.1) is 30.4 Å². The minimum absolute atomic E-state index is 0.00153. The molecule has 2 atom stereocenters. The van der Waals surface area contributed by atoms with Crippen molar-refractivity contribution in [1.29, 1.82) is 0 Å². The Morgan fingerprint density at radius 1 is 1.14 bits per heavy atom. The maximum Gasteiger partial charge on any atom is 0.345 e. The topological polar surface area (TPSA) is 109 Å². The summed E-state index contributed by atoms with van der Waals surface area (Å²) >= 11 is 1.11. The van der Waals surface area contributed by atoms with Crippen molar-refractivity contribution in [3.8, 4) is 0 Å². The summed E-state index contributed by atoms with van der Waals surface area (Å²) in [4.78, 5) is 42.7. The van der Waals surface area contributed by atoms with E-state index in [-0.39, 0.29) is 17.2 Å². The molecule has 0 bridgehead atoms. The van der Waals surface area contributed by atoms with Crippen molar-refractivity contribution < 1.29 is 27.9 Å². The van der Waals surface area contributed by atoms with Gasteiger partial charge in [-0.05, 0) is 25.3 Å². The van der Waals surface area contributed by atoms with Crippen molar-refractivity contribution in [2.45, 2.75) is 59.2 Å². The minimum atomic E-state index is -3.11. The van der Waals surface area contributed by atoms with Gasteiger partial charge in [-0.2, -0.15) is 8.78 Å².